The monoisotopic (exact) mass is 563 g/mol. The van der Waals surface area contributed by atoms with Crippen molar-refractivity contribution in [3.05, 3.63) is 77.2 Å². The zero-order valence-electron chi connectivity index (χ0n) is 23.5. The average Bonchev–Trinajstić information content (AvgIpc) is 3.38. The van der Waals surface area contributed by atoms with Crippen LogP contribution in [0.1, 0.15) is 40.3 Å². The molecular formula is C31H37N3O7. The van der Waals surface area contributed by atoms with Gasteiger partial charge in [-0.25, -0.2) is 0 Å². The Labute approximate surface area is 239 Å². The van der Waals surface area contributed by atoms with Gasteiger partial charge >= 0.3 is 0 Å². The molecular weight excluding hydrogens is 526 g/mol. The molecule has 2 amide bonds. The van der Waals surface area contributed by atoms with Crippen molar-refractivity contribution in [1.29, 1.82) is 0 Å². The quantitative estimate of drug-likeness (QED) is 0.469. The third-order valence-electron chi connectivity index (χ3n) is 7.36. The summed E-state index contributed by atoms with van der Waals surface area (Å²) < 4.78 is 23.8. The first-order valence-corrected chi connectivity index (χ1v) is 14.0. The molecule has 3 heterocycles. The molecule has 10 heteroatoms. The normalized spacial score (nSPS) is 20.2. The van der Waals surface area contributed by atoms with Crippen LogP contribution >= 0.6 is 0 Å². The fourth-order valence-electron chi connectivity index (χ4n) is 5.31. The van der Waals surface area contributed by atoms with Crippen LogP contribution in [0.3, 0.4) is 0 Å². The number of nitrogens with zero attached hydrogens (tertiary/aromatic N) is 2. The number of aryl methyl sites for hydroxylation is 1. The summed E-state index contributed by atoms with van der Waals surface area (Å²) in [6.07, 6.45) is 0.840. The molecule has 2 atom stereocenters. The van der Waals surface area contributed by atoms with Crippen molar-refractivity contribution in [2.45, 2.75) is 45.1 Å². The lowest BCUT2D eigenvalue weighted by molar-refractivity contribution is -0.125. The van der Waals surface area contributed by atoms with Gasteiger partial charge in [-0.1, -0.05) is 12.1 Å². The van der Waals surface area contributed by atoms with Crippen molar-refractivity contribution in [3.63, 3.8) is 0 Å². The number of ether oxygens (including phenoxy) is 3. The number of nitrogens with one attached hydrogen (secondary N) is 1. The van der Waals surface area contributed by atoms with Crippen LogP contribution in [0, 0.1) is 6.92 Å². The smallest absolute Gasteiger partial charge is 0.254 e. The second kappa shape index (κ2) is 13.2. The van der Waals surface area contributed by atoms with Crippen LogP contribution in [0.25, 0.3) is 0 Å². The number of furan rings is 1. The zero-order chi connectivity index (χ0) is 28.8. The van der Waals surface area contributed by atoms with E-state index >= 15 is 0 Å². The number of carbonyl (C=O) groups excluding carboxylic acids is 2. The molecule has 1 fully saturated rings. The van der Waals surface area contributed by atoms with E-state index in [0.29, 0.717) is 48.9 Å². The lowest BCUT2D eigenvalue weighted by Gasteiger charge is -2.38. The van der Waals surface area contributed by atoms with Crippen LogP contribution in [0.4, 0.5) is 0 Å². The van der Waals surface area contributed by atoms with E-state index in [9.17, 15) is 14.7 Å². The first-order valence-electron chi connectivity index (χ1n) is 14.0. The van der Waals surface area contributed by atoms with Gasteiger partial charge in [0.15, 0.2) is 11.5 Å². The fraction of sp³-hybridized carbons (Fsp3) is 0.419. The summed E-state index contributed by atoms with van der Waals surface area (Å²) in [7, 11) is 1.54. The molecule has 10 nitrogen and oxygen atoms in total. The number of benzene rings is 2. The predicted molar refractivity (Wildman–Crippen MR) is 151 cm³/mol. The Kier molecular flexibility index (Phi) is 9.23. The van der Waals surface area contributed by atoms with Gasteiger partial charge in [0.05, 0.1) is 39.0 Å². The molecule has 1 aromatic heterocycles. The minimum Gasteiger partial charge on any atom is -0.493 e. The summed E-state index contributed by atoms with van der Waals surface area (Å²) in [5, 5.41) is 12.6. The molecule has 4 bridgehead atoms. The molecule has 0 radical (unpaired) electrons. The van der Waals surface area contributed by atoms with Crippen LogP contribution in [0.2, 0.25) is 0 Å². The molecule has 3 aromatic rings. The number of amides is 2. The Morgan fingerprint density at radius 2 is 2.00 bits per heavy atom. The summed E-state index contributed by atoms with van der Waals surface area (Å²) in [6.45, 7) is 4.24. The number of rotatable bonds is 6. The first-order chi connectivity index (χ1) is 19.9. The van der Waals surface area contributed by atoms with E-state index in [4.69, 9.17) is 18.6 Å². The minimum atomic E-state index is -0.340. The van der Waals surface area contributed by atoms with Crippen LogP contribution in [0.15, 0.2) is 59.0 Å². The van der Waals surface area contributed by atoms with Crippen LogP contribution < -0.4 is 14.8 Å². The highest BCUT2D eigenvalue weighted by atomic mass is 16.5. The number of hydrogen-bond acceptors (Lipinski definition) is 8. The maximum absolute atomic E-state index is 13.6. The summed E-state index contributed by atoms with van der Waals surface area (Å²) >= 11 is 0. The Morgan fingerprint density at radius 3 is 2.78 bits per heavy atom. The van der Waals surface area contributed by atoms with Crippen molar-refractivity contribution in [3.8, 4) is 17.2 Å². The van der Waals surface area contributed by atoms with Gasteiger partial charge in [-0.15, -0.1) is 0 Å². The van der Waals surface area contributed by atoms with Crippen molar-refractivity contribution >= 4 is 11.8 Å². The highest BCUT2D eigenvalue weighted by Gasteiger charge is 2.32. The Hall–Kier alpha value is -3.86. The van der Waals surface area contributed by atoms with Crippen LogP contribution in [-0.4, -0.2) is 78.8 Å². The second-order valence-electron chi connectivity index (χ2n) is 10.5. The van der Waals surface area contributed by atoms with E-state index in [1.165, 1.54) is 12.0 Å². The molecule has 41 heavy (non-hydrogen) atoms. The number of aliphatic hydroxyl groups is 1. The van der Waals surface area contributed by atoms with Gasteiger partial charge in [-0.2, -0.15) is 0 Å². The summed E-state index contributed by atoms with van der Waals surface area (Å²) in [5.41, 5.74) is 1.28. The largest absolute Gasteiger partial charge is 0.493 e. The number of hydrogen-bond donors (Lipinski definition) is 2. The van der Waals surface area contributed by atoms with Gasteiger partial charge in [-0.3, -0.25) is 14.5 Å². The third-order valence-corrected chi connectivity index (χ3v) is 7.36. The standard InChI is InChI=1S/C31H37N3O7/c1-21-7-9-25(40-21)17-33-13-11-27-26(18-33)32-30(36)19-34(12-4-14-35)31(37)23-8-10-28(38-2)29(16-23)41-24-6-3-5-22(15-24)20-39-27/h3,5-10,15-16,26-27,35H,4,11-14,17-20H2,1-2H3,(H,32,36)/t26-,27-/m0/s1. The molecule has 0 saturated carbocycles. The molecule has 0 unspecified atom stereocenters. The topological polar surface area (TPSA) is 114 Å². The molecule has 0 spiro atoms. The number of methoxy groups -OCH3 is 1. The minimum absolute atomic E-state index is 0.0987. The summed E-state index contributed by atoms with van der Waals surface area (Å²) in [6, 6.07) is 16.2. The van der Waals surface area contributed by atoms with Gasteiger partial charge in [-0.05, 0) is 67.8 Å². The van der Waals surface area contributed by atoms with E-state index in [0.717, 1.165) is 30.0 Å². The zero-order valence-corrected chi connectivity index (χ0v) is 23.5. The number of likely N-dealkylation sites (tertiary alicyclic amines) is 1. The summed E-state index contributed by atoms with van der Waals surface area (Å²) in [4.78, 5) is 30.7. The average molecular weight is 564 g/mol. The Morgan fingerprint density at radius 1 is 1.12 bits per heavy atom. The Bertz CT molecular complexity index is 1360. The third kappa shape index (κ3) is 7.27. The molecule has 0 aliphatic carbocycles. The molecule has 2 aliphatic rings. The predicted octanol–water partition coefficient (Wildman–Crippen LogP) is 3.50. The SMILES string of the molecule is COc1ccc2cc1Oc1cccc(c1)CO[C@H]1CCN(Cc3ccc(C)o3)C[C@@H]1NC(=O)CN(CCCO)C2=O. The van der Waals surface area contributed by atoms with E-state index in [1.54, 1.807) is 18.2 Å². The van der Waals surface area contributed by atoms with Gasteiger partial charge in [0.2, 0.25) is 5.91 Å². The molecule has 1 saturated heterocycles. The lowest BCUT2D eigenvalue weighted by Crippen LogP contribution is -2.57. The van der Waals surface area contributed by atoms with Gasteiger partial charge in [0, 0.05) is 31.8 Å². The van der Waals surface area contributed by atoms with E-state index < -0.39 is 0 Å². The maximum Gasteiger partial charge on any atom is 0.254 e. The van der Waals surface area contributed by atoms with Gasteiger partial charge < -0.3 is 34.0 Å². The second-order valence-corrected chi connectivity index (χ2v) is 10.5. The van der Waals surface area contributed by atoms with Crippen molar-refractivity contribution < 1.29 is 33.3 Å². The number of piperidine rings is 1. The van der Waals surface area contributed by atoms with Crippen LogP contribution in [0.5, 0.6) is 17.2 Å². The molecule has 2 aliphatic heterocycles. The van der Waals surface area contributed by atoms with E-state index in [2.05, 4.69) is 10.2 Å². The fourth-order valence-corrected chi connectivity index (χ4v) is 5.31. The number of fused-ring (bicyclic) bond motifs is 5. The summed E-state index contributed by atoms with van der Waals surface area (Å²) in [5.74, 6) is 2.55. The maximum atomic E-state index is 13.6. The van der Waals surface area contributed by atoms with Crippen molar-refractivity contribution in [1.82, 2.24) is 15.1 Å². The van der Waals surface area contributed by atoms with Gasteiger partial charge in [0.25, 0.3) is 5.91 Å². The molecule has 2 N–H and O–H groups in total. The first kappa shape index (κ1) is 28.7. The molecule has 5 rings (SSSR count). The molecule has 2 aromatic carbocycles. The van der Waals surface area contributed by atoms with Crippen molar-refractivity contribution in [2.24, 2.45) is 0 Å². The molecule has 218 valence electrons. The Balaban J connectivity index is 1.43. The van der Waals surface area contributed by atoms with Crippen molar-refractivity contribution in [2.75, 3.05) is 39.9 Å². The van der Waals surface area contributed by atoms with E-state index in [1.807, 2.05) is 43.3 Å². The number of carbonyl (C=O) groups is 2. The highest BCUT2D eigenvalue weighted by Crippen LogP contribution is 2.33. The van der Waals surface area contributed by atoms with Gasteiger partial charge in [0.1, 0.15) is 17.3 Å². The highest BCUT2D eigenvalue weighted by molar-refractivity contribution is 5.97. The number of aliphatic hydroxyl groups excluding tert-OH is 1. The lowest BCUT2D eigenvalue weighted by atomic mass is 10.0. The van der Waals surface area contributed by atoms with Crippen LogP contribution in [-0.2, 0) is 22.7 Å². The van der Waals surface area contributed by atoms with E-state index in [-0.39, 0.29) is 43.7 Å².